The standard InChI is InChI=1S/C26H28FN7O2S/c1-2-37(35,36)31-20-16-32(17-20)25-10-4-8-21(29-25)23-15-28-24-11-12-26(30-34(23)24)33-13-5-9-22(33)18-6-3-7-19(27)14-18/h3-4,6-8,10-12,14-15,20,22,31H,2,5,9,13,16-17H2,1H3. The fourth-order valence-corrected chi connectivity index (χ4v) is 5.94. The Kier molecular flexibility index (Phi) is 6.04. The Balaban J connectivity index is 1.26. The van der Waals surface area contributed by atoms with E-state index in [0.29, 0.717) is 18.7 Å². The first-order chi connectivity index (χ1) is 17.9. The van der Waals surface area contributed by atoms with E-state index in [4.69, 9.17) is 10.1 Å². The molecule has 0 spiro atoms. The second kappa shape index (κ2) is 9.38. The minimum Gasteiger partial charge on any atom is -0.353 e. The molecule has 192 valence electrons. The molecule has 9 nitrogen and oxygen atoms in total. The summed E-state index contributed by atoms with van der Waals surface area (Å²) in [5.41, 5.74) is 3.17. The van der Waals surface area contributed by atoms with Crippen molar-refractivity contribution in [3.63, 3.8) is 0 Å². The highest BCUT2D eigenvalue weighted by molar-refractivity contribution is 7.89. The topological polar surface area (TPSA) is 95.7 Å². The number of hydrogen-bond acceptors (Lipinski definition) is 7. The fraction of sp³-hybridized carbons (Fsp3) is 0.346. The van der Waals surface area contributed by atoms with Gasteiger partial charge in [-0.3, -0.25) is 0 Å². The van der Waals surface area contributed by atoms with Crippen molar-refractivity contribution in [3.05, 3.63) is 72.2 Å². The van der Waals surface area contributed by atoms with Crippen LogP contribution in [-0.2, 0) is 10.0 Å². The van der Waals surface area contributed by atoms with E-state index in [-0.39, 0.29) is 23.7 Å². The average molecular weight is 522 g/mol. The van der Waals surface area contributed by atoms with Gasteiger partial charge in [-0.2, -0.15) is 0 Å². The van der Waals surface area contributed by atoms with Crippen LogP contribution in [0.25, 0.3) is 17.0 Å². The third kappa shape index (κ3) is 4.64. The van der Waals surface area contributed by atoms with Crippen molar-refractivity contribution in [1.82, 2.24) is 24.3 Å². The monoisotopic (exact) mass is 521 g/mol. The molecule has 2 aliphatic heterocycles. The molecule has 2 aliphatic rings. The molecular weight excluding hydrogens is 493 g/mol. The summed E-state index contributed by atoms with van der Waals surface area (Å²) in [6.07, 6.45) is 3.71. The molecular formula is C26H28FN7O2S. The van der Waals surface area contributed by atoms with Gasteiger partial charge in [0.1, 0.15) is 23.1 Å². The van der Waals surface area contributed by atoms with E-state index in [0.717, 1.165) is 48.0 Å². The van der Waals surface area contributed by atoms with E-state index in [2.05, 4.69) is 14.6 Å². The molecule has 2 fully saturated rings. The van der Waals surface area contributed by atoms with E-state index in [9.17, 15) is 12.8 Å². The van der Waals surface area contributed by atoms with Crippen molar-refractivity contribution in [2.75, 3.05) is 35.2 Å². The summed E-state index contributed by atoms with van der Waals surface area (Å²) in [6.45, 7) is 3.61. The number of imidazole rings is 1. The lowest BCUT2D eigenvalue weighted by atomic mass is 10.0. The zero-order valence-electron chi connectivity index (χ0n) is 20.5. The van der Waals surface area contributed by atoms with E-state index in [1.54, 1.807) is 29.8 Å². The zero-order valence-corrected chi connectivity index (χ0v) is 21.3. The van der Waals surface area contributed by atoms with E-state index in [1.807, 2.05) is 41.3 Å². The molecule has 0 amide bonds. The van der Waals surface area contributed by atoms with Crippen LogP contribution in [0.5, 0.6) is 0 Å². The summed E-state index contributed by atoms with van der Waals surface area (Å²) in [4.78, 5) is 13.6. The summed E-state index contributed by atoms with van der Waals surface area (Å²) < 4.78 is 42.1. The Bertz CT molecular complexity index is 1550. The number of aromatic nitrogens is 4. The van der Waals surface area contributed by atoms with Crippen LogP contribution in [0.1, 0.15) is 31.4 Å². The van der Waals surface area contributed by atoms with Crippen LogP contribution in [0, 0.1) is 5.82 Å². The van der Waals surface area contributed by atoms with Crippen LogP contribution in [0.4, 0.5) is 16.0 Å². The van der Waals surface area contributed by atoms with Crippen molar-refractivity contribution < 1.29 is 12.8 Å². The van der Waals surface area contributed by atoms with Crippen molar-refractivity contribution in [2.24, 2.45) is 0 Å². The summed E-state index contributed by atoms with van der Waals surface area (Å²) in [5.74, 6) is 1.43. The molecule has 0 radical (unpaired) electrons. The number of anilines is 2. The summed E-state index contributed by atoms with van der Waals surface area (Å²) in [7, 11) is -3.23. The van der Waals surface area contributed by atoms with Gasteiger partial charge < -0.3 is 9.80 Å². The van der Waals surface area contributed by atoms with Gasteiger partial charge in [0.2, 0.25) is 10.0 Å². The van der Waals surface area contributed by atoms with Crippen LogP contribution >= 0.6 is 0 Å². The van der Waals surface area contributed by atoms with Gasteiger partial charge in [0.25, 0.3) is 0 Å². The molecule has 4 aromatic rings. The Morgan fingerprint density at radius 2 is 1.92 bits per heavy atom. The molecule has 2 saturated heterocycles. The number of nitrogens with one attached hydrogen (secondary N) is 1. The predicted octanol–water partition coefficient (Wildman–Crippen LogP) is 3.40. The molecule has 1 atom stereocenters. The second-order valence-electron chi connectivity index (χ2n) is 9.52. The normalized spacial score (nSPS) is 18.5. The van der Waals surface area contributed by atoms with Crippen molar-refractivity contribution in [2.45, 2.75) is 31.8 Å². The van der Waals surface area contributed by atoms with Gasteiger partial charge in [0.15, 0.2) is 5.65 Å². The highest BCUT2D eigenvalue weighted by Crippen LogP contribution is 2.36. The number of nitrogens with zero attached hydrogens (tertiary/aromatic N) is 6. The highest BCUT2D eigenvalue weighted by Gasteiger charge is 2.31. The fourth-order valence-electron chi connectivity index (χ4n) is 5.11. The lowest BCUT2D eigenvalue weighted by Crippen LogP contribution is -2.59. The Morgan fingerprint density at radius 3 is 2.73 bits per heavy atom. The molecule has 11 heteroatoms. The first-order valence-electron chi connectivity index (χ1n) is 12.5. The molecule has 1 unspecified atom stereocenters. The van der Waals surface area contributed by atoms with Crippen LogP contribution < -0.4 is 14.5 Å². The van der Waals surface area contributed by atoms with Gasteiger partial charge >= 0.3 is 0 Å². The first kappa shape index (κ1) is 23.8. The first-order valence-corrected chi connectivity index (χ1v) is 14.1. The summed E-state index contributed by atoms with van der Waals surface area (Å²) in [5, 5.41) is 4.92. The maximum atomic E-state index is 13.9. The average Bonchev–Trinajstić information content (AvgIpc) is 3.53. The van der Waals surface area contributed by atoms with Gasteiger partial charge in [-0.05, 0) is 61.7 Å². The maximum Gasteiger partial charge on any atom is 0.211 e. The lowest BCUT2D eigenvalue weighted by molar-refractivity contribution is 0.466. The molecule has 1 N–H and O–H groups in total. The molecule has 0 saturated carbocycles. The molecule has 5 heterocycles. The number of pyridine rings is 1. The quantitative estimate of drug-likeness (QED) is 0.398. The SMILES string of the molecule is CCS(=O)(=O)NC1CN(c2cccc(-c3cnc4ccc(N5CCCC5c5cccc(F)c5)nn34)n2)C1. The molecule has 0 bridgehead atoms. The van der Waals surface area contributed by atoms with Crippen molar-refractivity contribution in [3.8, 4) is 11.4 Å². The van der Waals surface area contributed by atoms with E-state index in [1.165, 1.54) is 6.07 Å². The molecule has 0 aliphatic carbocycles. The summed E-state index contributed by atoms with van der Waals surface area (Å²) in [6, 6.07) is 16.4. The second-order valence-corrected chi connectivity index (χ2v) is 11.6. The van der Waals surface area contributed by atoms with Crippen LogP contribution in [-0.4, -0.2) is 59.4 Å². The molecule has 37 heavy (non-hydrogen) atoms. The minimum absolute atomic E-state index is 0.0681. The third-order valence-electron chi connectivity index (χ3n) is 7.06. The minimum atomic E-state index is -3.23. The van der Waals surface area contributed by atoms with E-state index >= 15 is 0 Å². The number of sulfonamides is 1. The van der Waals surface area contributed by atoms with Gasteiger partial charge in [0.05, 0.1) is 29.7 Å². The predicted molar refractivity (Wildman–Crippen MR) is 141 cm³/mol. The van der Waals surface area contributed by atoms with E-state index < -0.39 is 10.0 Å². The molecule has 6 rings (SSSR count). The Labute approximate surface area is 215 Å². The Hall–Kier alpha value is -3.57. The summed E-state index contributed by atoms with van der Waals surface area (Å²) >= 11 is 0. The number of benzene rings is 1. The Morgan fingerprint density at radius 1 is 1.08 bits per heavy atom. The smallest absolute Gasteiger partial charge is 0.211 e. The van der Waals surface area contributed by atoms with Gasteiger partial charge in [-0.15, -0.1) is 5.10 Å². The highest BCUT2D eigenvalue weighted by atomic mass is 32.2. The third-order valence-corrected chi connectivity index (χ3v) is 8.51. The van der Waals surface area contributed by atoms with Crippen LogP contribution in [0.2, 0.25) is 0 Å². The number of rotatable bonds is 7. The van der Waals surface area contributed by atoms with Crippen LogP contribution in [0.3, 0.4) is 0 Å². The van der Waals surface area contributed by atoms with Crippen molar-refractivity contribution >= 4 is 27.3 Å². The van der Waals surface area contributed by atoms with Gasteiger partial charge in [0, 0.05) is 19.6 Å². The number of fused-ring (bicyclic) bond motifs is 1. The van der Waals surface area contributed by atoms with Crippen molar-refractivity contribution in [1.29, 1.82) is 0 Å². The van der Waals surface area contributed by atoms with Gasteiger partial charge in [-0.25, -0.2) is 32.0 Å². The molecule has 1 aromatic carbocycles. The zero-order chi connectivity index (χ0) is 25.6. The number of halogens is 1. The van der Waals surface area contributed by atoms with Crippen LogP contribution in [0.15, 0.2) is 60.8 Å². The molecule has 3 aromatic heterocycles. The lowest BCUT2D eigenvalue weighted by Gasteiger charge is -2.40. The largest absolute Gasteiger partial charge is 0.353 e. The maximum absolute atomic E-state index is 13.9. The number of hydrogen-bond donors (Lipinski definition) is 1. The van der Waals surface area contributed by atoms with Gasteiger partial charge in [-0.1, -0.05) is 18.2 Å².